The van der Waals surface area contributed by atoms with E-state index in [2.05, 4.69) is 10.3 Å². The summed E-state index contributed by atoms with van der Waals surface area (Å²) in [6.45, 7) is 2.34. The Kier molecular flexibility index (Phi) is 9.90. The number of halogens is 3. The molecule has 30 heavy (non-hydrogen) atoms. The van der Waals surface area contributed by atoms with Crippen molar-refractivity contribution in [2.24, 2.45) is 5.73 Å². The molecule has 2 rings (SSSR count). The van der Waals surface area contributed by atoms with E-state index >= 15 is 0 Å². The molecule has 2 heterocycles. The van der Waals surface area contributed by atoms with E-state index in [9.17, 15) is 21.6 Å². The second kappa shape index (κ2) is 11.9. The van der Waals surface area contributed by atoms with Crippen molar-refractivity contribution in [1.82, 2.24) is 19.9 Å². The molecule has 1 aromatic heterocycles. The Labute approximate surface area is 173 Å². The first-order valence-electron chi connectivity index (χ1n) is 9.58. The van der Waals surface area contributed by atoms with E-state index in [1.165, 1.54) is 0 Å². The van der Waals surface area contributed by atoms with Crippen molar-refractivity contribution in [3.63, 3.8) is 0 Å². The normalized spacial score (nSPS) is 17.5. The molecule has 0 bridgehead atoms. The molecule has 10 nitrogen and oxygen atoms in total. The van der Waals surface area contributed by atoms with Gasteiger partial charge in [-0.3, -0.25) is 4.90 Å². The largest absolute Gasteiger partial charge is 0.434 e. The van der Waals surface area contributed by atoms with Gasteiger partial charge in [0.2, 0.25) is 0 Å². The molecule has 0 atom stereocenters. The molecular weight excluding hydrogens is 431 g/mol. The molecule has 0 amide bonds. The molecule has 0 radical (unpaired) electrons. The monoisotopic (exact) mass is 459 g/mol. The van der Waals surface area contributed by atoms with E-state index in [-0.39, 0.29) is 56.6 Å². The Balaban J connectivity index is 1.78. The summed E-state index contributed by atoms with van der Waals surface area (Å²) in [5.74, 6) is -0.144. The molecule has 0 unspecified atom stereocenters. The second-order valence-corrected chi connectivity index (χ2v) is 8.96. The standard InChI is InChI=1S/C16H28F3N5O5S/c17-16(18,19)15-14(13-23-3-11-30(25,26)12-4-23)21-22-24(15)2-6-28-8-10-29-9-7-27-5-1-20/h1-13,20H2. The minimum atomic E-state index is -4.63. The first kappa shape index (κ1) is 24.9. The van der Waals surface area contributed by atoms with Crippen LogP contribution < -0.4 is 5.73 Å². The average Bonchev–Trinajstić information content (AvgIpc) is 3.08. The summed E-state index contributed by atoms with van der Waals surface area (Å²) in [7, 11) is -3.11. The Hall–Kier alpha value is -1.32. The summed E-state index contributed by atoms with van der Waals surface area (Å²) < 4.78 is 80.0. The molecule has 0 aromatic carbocycles. The molecule has 1 saturated heterocycles. The molecule has 0 aliphatic carbocycles. The third-order valence-corrected chi connectivity index (χ3v) is 5.95. The van der Waals surface area contributed by atoms with E-state index in [0.717, 1.165) is 4.68 Å². The van der Waals surface area contributed by atoms with E-state index in [1.54, 1.807) is 4.90 Å². The lowest BCUT2D eigenvalue weighted by Gasteiger charge is -2.26. The van der Waals surface area contributed by atoms with Gasteiger partial charge in [0, 0.05) is 26.2 Å². The van der Waals surface area contributed by atoms with Gasteiger partial charge in [-0.25, -0.2) is 13.1 Å². The molecule has 1 aromatic rings. The Morgan fingerprint density at radius 2 is 1.53 bits per heavy atom. The quantitative estimate of drug-likeness (QED) is 0.390. The minimum absolute atomic E-state index is 0.0148. The van der Waals surface area contributed by atoms with Crippen molar-refractivity contribution in [3.8, 4) is 0 Å². The predicted octanol–water partition coefficient (Wildman–Crippen LogP) is -0.464. The number of hydrogen-bond acceptors (Lipinski definition) is 9. The van der Waals surface area contributed by atoms with Gasteiger partial charge in [-0.15, -0.1) is 5.10 Å². The number of ether oxygens (including phenoxy) is 3. The summed E-state index contributed by atoms with van der Waals surface area (Å²) in [6, 6.07) is 0. The number of rotatable bonds is 13. The molecule has 1 fully saturated rings. The highest BCUT2D eigenvalue weighted by molar-refractivity contribution is 7.91. The number of nitrogens with zero attached hydrogens (tertiary/aromatic N) is 4. The van der Waals surface area contributed by atoms with Gasteiger partial charge in [-0.2, -0.15) is 13.2 Å². The predicted molar refractivity (Wildman–Crippen MR) is 100 cm³/mol. The number of hydrogen-bond donors (Lipinski definition) is 1. The average molecular weight is 459 g/mol. The highest BCUT2D eigenvalue weighted by Gasteiger charge is 2.39. The van der Waals surface area contributed by atoms with Gasteiger partial charge in [0.1, 0.15) is 5.69 Å². The fourth-order valence-corrected chi connectivity index (χ4v) is 4.10. The number of alkyl halides is 3. The zero-order chi connectivity index (χ0) is 22.0. The lowest BCUT2D eigenvalue weighted by molar-refractivity contribution is -0.145. The van der Waals surface area contributed by atoms with Gasteiger partial charge >= 0.3 is 6.18 Å². The highest BCUT2D eigenvalue weighted by atomic mass is 32.2. The first-order valence-corrected chi connectivity index (χ1v) is 11.4. The zero-order valence-electron chi connectivity index (χ0n) is 16.6. The van der Waals surface area contributed by atoms with Crippen molar-refractivity contribution in [1.29, 1.82) is 0 Å². The van der Waals surface area contributed by atoms with E-state index < -0.39 is 21.7 Å². The van der Waals surface area contributed by atoms with Gasteiger partial charge in [-0.1, -0.05) is 5.21 Å². The van der Waals surface area contributed by atoms with Crippen LogP contribution in [0.4, 0.5) is 13.2 Å². The van der Waals surface area contributed by atoms with Crippen LogP contribution in [0.3, 0.4) is 0 Å². The fourth-order valence-electron chi connectivity index (χ4n) is 2.82. The van der Waals surface area contributed by atoms with E-state index in [4.69, 9.17) is 19.9 Å². The smallest absolute Gasteiger partial charge is 0.378 e. The van der Waals surface area contributed by atoms with Crippen LogP contribution in [-0.2, 0) is 43.3 Å². The Morgan fingerprint density at radius 1 is 0.967 bits per heavy atom. The molecule has 1 aliphatic heterocycles. The van der Waals surface area contributed by atoms with Crippen LogP contribution in [0.5, 0.6) is 0 Å². The Bertz CT molecular complexity index is 730. The third-order valence-electron chi connectivity index (χ3n) is 4.34. The van der Waals surface area contributed by atoms with Crippen LogP contribution >= 0.6 is 0 Å². The molecule has 174 valence electrons. The summed E-state index contributed by atoms with van der Waals surface area (Å²) >= 11 is 0. The van der Waals surface area contributed by atoms with Crippen molar-refractivity contribution in [3.05, 3.63) is 11.4 Å². The van der Waals surface area contributed by atoms with Gasteiger partial charge in [0.15, 0.2) is 15.5 Å². The van der Waals surface area contributed by atoms with Gasteiger partial charge < -0.3 is 19.9 Å². The van der Waals surface area contributed by atoms with Crippen LogP contribution in [-0.4, -0.2) is 99.1 Å². The summed E-state index contributed by atoms with van der Waals surface area (Å²) in [5.41, 5.74) is 4.12. The topological polar surface area (TPSA) is 122 Å². The van der Waals surface area contributed by atoms with Crippen molar-refractivity contribution in [2.75, 3.05) is 70.8 Å². The highest BCUT2D eigenvalue weighted by Crippen LogP contribution is 2.31. The molecule has 0 spiro atoms. The summed E-state index contributed by atoms with van der Waals surface area (Å²) in [5, 5.41) is 7.29. The third kappa shape index (κ3) is 8.43. The van der Waals surface area contributed by atoms with Crippen LogP contribution in [0.15, 0.2) is 0 Å². The van der Waals surface area contributed by atoms with Crippen LogP contribution in [0, 0.1) is 0 Å². The van der Waals surface area contributed by atoms with Crippen LogP contribution in [0.2, 0.25) is 0 Å². The molecule has 1 aliphatic rings. The molecule has 0 saturated carbocycles. The van der Waals surface area contributed by atoms with Crippen LogP contribution in [0.1, 0.15) is 11.4 Å². The van der Waals surface area contributed by atoms with E-state index in [0.29, 0.717) is 33.0 Å². The minimum Gasteiger partial charge on any atom is -0.378 e. The van der Waals surface area contributed by atoms with E-state index in [1.807, 2.05) is 0 Å². The van der Waals surface area contributed by atoms with Gasteiger partial charge in [-0.05, 0) is 0 Å². The van der Waals surface area contributed by atoms with Gasteiger partial charge in [0.05, 0.1) is 57.7 Å². The molecular formula is C16H28F3N5O5S. The molecule has 2 N–H and O–H groups in total. The van der Waals surface area contributed by atoms with Crippen LogP contribution in [0.25, 0.3) is 0 Å². The van der Waals surface area contributed by atoms with Crippen molar-refractivity contribution < 1.29 is 35.8 Å². The second-order valence-electron chi connectivity index (χ2n) is 6.66. The van der Waals surface area contributed by atoms with Crippen molar-refractivity contribution in [2.45, 2.75) is 19.3 Å². The summed E-state index contributed by atoms with van der Waals surface area (Å²) in [4.78, 5) is 1.63. The molecule has 14 heteroatoms. The maximum absolute atomic E-state index is 13.5. The number of sulfone groups is 1. The van der Waals surface area contributed by atoms with Crippen molar-refractivity contribution >= 4 is 9.84 Å². The lowest BCUT2D eigenvalue weighted by atomic mass is 10.2. The lowest BCUT2D eigenvalue weighted by Crippen LogP contribution is -2.40. The maximum Gasteiger partial charge on any atom is 0.434 e. The fraction of sp³-hybridized carbons (Fsp3) is 0.875. The SMILES string of the molecule is NCCOCCOCCOCCn1nnc(CN2CCS(=O)(=O)CC2)c1C(F)(F)F. The number of aromatic nitrogens is 3. The number of nitrogens with two attached hydrogens (primary N) is 1. The Morgan fingerprint density at radius 3 is 2.10 bits per heavy atom. The summed E-state index contributed by atoms with van der Waals surface area (Å²) in [6.07, 6.45) is -4.63. The maximum atomic E-state index is 13.5. The van der Waals surface area contributed by atoms with Gasteiger partial charge in [0.25, 0.3) is 0 Å². The first-order chi connectivity index (χ1) is 14.2. The zero-order valence-corrected chi connectivity index (χ0v) is 17.5.